The number of ketones is 1. The molecular weight excluding hydrogens is 310 g/mol. The molecule has 23 heavy (non-hydrogen) atoms. The van der Waals surface area contributed by atoms with Crippen molar-refractivity contribution in [2.75, 3.05) is 31.2 Å². The van der Waals surface area contributed by atoms with Crippen molar-refractivity contribution in [2.45, 2.75) is 32.7 Å². The maximum atomic E-state index is 12.5. The topological polar surface area (TPSA) is 46.6 Å². The smallest absolute Gasteiger partial charge is 0.305 e. The lowest BCUT2D eigenvalue weighted by Gasteiger charge is -2.26. The van der Waals surface area contributed by atoms with Crippen molar-refractivity contribution in [1.29, 1.82) is 0 Å². The molecule has 2 rings (SSSR count). The zero-order valence-electron chi connectivity index (χ0n) is 13.8. The molecule has 126 valence electrons. The SMILES string of the molecule is CCOC(=O)CCCC(=O)c1ccccc1CN1CCSCC1. The number of benzene rings is 1. The number of Topliss-reactive ketones (excluding diaryl/α,β-unsaturated/α-hetero) is 1. The van der Waals surface area contributed by atoms with E-state index in [1.165, 1.54) is 0 Å². The molecule has 5 heteroatoms. The monoisotopic (exact) mass is 335 g/mol. The van der Waals surface area contributed by atoms with E-state index >= 15 is 0 Å². The summed E-state index contributed by atoms with van der Waals surface area (Å²) in [5.74, 6) is 2.22. The van der Waals surface area contributed by atoms with E-state index in [1.807, 2.05) is 36.0 Å². The molecule has 1 aliphatic heterocycles. The Morgan fingerprint density at radius 1 is 1.17 bits per heavy atom. The van der Waals surface area contributed by atoms with Gasteiger partial charge in [0.1, 0.15) is 0 Å². The maximum absolute atomic E-state index is 12.5. The summed E-state index contributed by atoms with van der Waals surface area (Å²) in [4.78, 5) is 26.2. The van der Waals surface area contributed by atoms with Gasteiger partial charge in [-0.2, -0.15) is 11.8 Å². The number of carbonyl (C=O) groups is 2. The molecular formula is C18H25NO3S. The molecule has 0 saturated carbocycles. The molecule has 0 N–H and O–H groups in total. The first-order chi connectivity index (χ1) is 11.2. The van der Waals surface area contributed by atoms with Gasteiger partial charge in [-0.05, 0) is 18.9 Å². The van der Waals surface area contributed by atoms with Crippen LogP contribution in [0.2, 0.25) is 0 Å². The van der Waals surface area contributed by atoms with Crippen LogP contribution in [0, 0.1) is 0 Å². The van der Waals surface area contributed by atoms with Crippen LogP contribution in [0.25, 0.3) is 0 Å². The number of ether oxygens (including phenoxy) is 1. The van der Waals surface area contributed by atoms with Crippen LogP contribution < -0.4 is 0 Å². The van der Waals surface area contributed by atoms with E-state index in [-0.39, 0.29) is 11.8 Å². The van der Waals surface area contributed by atoms with Gasteiger partial charge in [-0.3, -0.25) is 14.5 Å². The summed E-state index contributed by atoms with van der Waals surface area (Å²) in [6, 6.07) is 7.85. The Bertz CT molecular complexity index is 527. The van der Waals surface area contributed by atoms with Gasteiger partial charge < -0.3 is 4.74 Å². The average molecular weight is 335 g/mol. The molecule has 0 unspecified atom stereocenters. The lowest BCUT2D eigenvalue weighted by Crippen LogP contribution is -2.32. The Morgan fingerprint density at radius 3 is 2.65 bits per heavy atom. The Kier molecular flexibility index (Phi) is 7.62. The Balaban J connectivity index is 1.90. The van der Waals surface area contributed by atoms with Crippen LogP contribution in [-0.2, 0) is 16.1 Å². The Morgan fingerprint density at radius 2 is 1.91 bits per heavy atom. The molecule has 0 amide bonds. The molecule has 1 saturated heterocycles. The molecule has 1 aromatic rings. The molecule has 0 aromatic heterocycles. The first-order valence-electron chi connectivity index (χ1n) is 8.27. The summed E-state index contributed by atoms with van der Waals surface area (Å²) >= 11 is 1.99. The first-order valence-corrected chi connectivity index (χ1v) is 9.43. The zero-order valence-corrected chi connectivity index (χ0v) is 14.6. The second-order valence-corrected chi connectivity index (χ2v) is 6.85. The van der Waals surface area contributed by atoms with Crippen LogP contribution in [0.5, 0.6) is 0 Å². The van der Waals surface area contributed by atoms with Gasteiger partial charge >= 0.3 is 5.97 Å². The minimum absolute atomic E-state index is 0.122. The lowest BCUT2D eigenvalue weighted by atomic mass is 9.99. The predicted octanol–water partition coefficient (Wildman–Crippen LogP) is 3.15. The van der Waals surface area contributed by atoms with Crippen molar-refractivity contribution in [3.8, 4) is 0 Å². The number of carbonyl (C=O) groups excluding carboxylic acids is 2. The molecule has 1 aromatic carbocycles. The van der Waals surface area contributed by atoms with E-state index in [9.17, 15) is 9.59 Å². The minimum Gasteiger partial charge on any atom is -0.466 e. The van der Waals surface area contributed by atoms with Crippen molar-refractivity contribution < 1.29 is 14.3 Å². The number of hydrogen-bond acceptors (Lipinski definition) is 5. The highest BCUT2D eigenvalue weighted by molar-refractivity contribution is 7.99. The maximum Gasteiger partial charge on any atom is 0.305 e. The van der Waals surface area contributed by atoms with Gasteiger partial charge in [0.05, 0.1) is 6.61 Å². The van der Waals surface area contributed by atoms with Crippen molar-refractivity contribution in [3.05, 3.63) is 35.4 Å². The van der Waals surface area contributed by atoms with Gasteiger partial charge in [-0.1, -0.05) is 24.3 Å². The summed E-state index contributed by atoms with van der Waals surface area (Å²) < 4.78 is 4.89. The van der Waals surface area contributed by atoms with E-state index in [2.05, 4.69) is 4.90 Å². The summed E-state index contributed by atoms with van der Waals surface area (Å²) in [5.41, 5.74) is 1.90. The minimum atomic E-state index is -0.223. The third-order valence-corrected chi connectivity index (χ3v) is 4.85. The number of thioether (sulfide) groups is 1. The molecule has 0 radical (unpaired) electrons. The van der Waals surface area contributed by atoms with Crippen LogP contribution in [0.1, 0.15) is 42.1 Å². The normalized spacial score (nSPS) is 15.3. The fourth-order valence-electron chi connectivity index (χ4n) is 2.69. The van der Waals surface area contributed by atoms with E-state index in [4.69, 9.17) is 4.74 Å². The van der Waals surface area contributed by atoms with Crippen molar-refractivity contribution in [3.63, 3.8) is 0 Å². The Labute approximate surface area is 142 Å². The van der Waals surface area contributed by atoms with Crippen molar-refractivity contribution in [1.82, 2.24) is 4.90 Å². The van der Waals surface area contributed by atoms with E-state index in [1.54, 1.807) is 6.92 Å². The van der Waals surface area contributed by atoms with Crippen LogP contribution in [0.3, 0.4) is 0 Å². The second kappa shape index (κ2) is 9.73. The van der Waals surface area contributed by atoms with E-state index < -0.39 is 0 Å². The summed E-state index contributed by atoms with van der Waals surface area (Å²) in [6.45, 7) is 5.18. The number of nitrogens with zero attached hydrogens (tertiary/aromatic N) is 1. The van der Waals surface area contributed by atoms with Crippen LogP contribution in [0.4, 0.5) is 0 Å². The number of hydrogen-bond donors (Lipinski definition) is 0. The first kappa shape index (κ1) is 18.0. The van der Waals surface area contributed by atoms with Crippen LogP contribution >= 0.6 is 11.8 Å². The van der Waals surface area contributed by atoms with Gasteiger partial charge in [0.2, 0.25) is 0 Å². The van der Waals surface area contributed by atoms with Gasteiger partial charge in [0.25, 0.3) is 0 Å². The zero-order chi connectivity index (χ0) is 16.5. The molecule has 0 bridgehead atoms. The fourth-order valence-corrected chi connectivity index (χ4v) is 3.67. The van der Waals surface area contributed by atoms with E-state index in [0.29, 0.717) is 25.9 Å². The summed E-state index contributed by atoms with van der Waals surface area (Å²) in [7, 11) is 0. The lowest BCUT2D eigenvalue weighted by molar-refractivity contribution is -0.143. The second-order valence-electron chi connectivity index (χ2n) is 5.63. The number of rotatable bonds is 8. The van der Waals surface area contributed by atoms with Gasteiger partial charge in [-0.15, -0.1) is 0 Å². The van der Waals surface area contributed by atoms with Gasteiger partial charge in [-0.25, -0.2) is 0 Å². The predicted molar refractivity (Wildman–Crippen MR) is 93.9 cm³/mol. The Hall–Kier alpha value is -1.33. The highest BCUT2D eigenvalue weighted by Crippen LogP contribution is 2.18. The highest BCUT2D eigenvalue weighted by atomic mass is 32.2. The van der Waals surface area contributed by atoms with Gasteiger partial charge in [0, 0.05) is 49.5 Å². The third-order valence-electron chi connectivity index (χ3n) is 3.91. The summed E-state index contributed by atoms with van der Waals surface area (Å²) in [5, 5.41) is 0. The molecule has 1 aliphatic rings. The third kappa shape index (κ3) is 5.99. The van der Waals surface area contributed by atoms with Crippen LogP contribution in [0.15, 0.2) is 24.3 Å². The number of esters is 1. The summed E-state index contributed by atoms with van der Waals surface area (Å²) in [6.07, 6.45) is 1.25. The molecule has 1 fully saturated rings. The van der Waals surface area contributed by atoms with E-state index in [0.717, 1.165) is 42.3 Å². The molecule has 0 atom stereocenters. The molecule has 1 heterocycles. The quantitative estimate of drug-likeness (QED) is 0.539. The fraction of sp³-hybridized carbons (Fsp3) is 0.556. The largest absolute Gasteiger partial charge is 0.466 e. The molecule has 0 spiro atoms. The standard InChI is InChI=1S/C18H25NO3S/c1-2-22-18(21)9-5-8-17(20)16-7-4-3-6-15(16)14-19-10-12-23-13-11-19/h3-4,6-7H,2,5,8-14H2,1H3. The average Bonchev–Trinajstić information content (AvgIpc) is 2.56. The van der Waals surface area contributed by atoms with Gasteiger partial charge in [0.15, 0.2) is 5.78 Å². The highest BCUT2D eigenvalue weighted by Gasteiger charge is 2.16. The van der Waals surface area contributed by atoms with Crippen LogP contribution in [-0.4, -0.2) is 47.9 Å². The van der Waals surface area contributed by atoms with Crippen molar-refractivity contribution in [2.24, 2.45) is 0 Å². The van der Waals surface area contributed by atoms with Crippen molar-refractivity contribution >= 4 is 23.5 Å². The molecule has 0 aliphatic carbocycles. The molecule has 4 nitrogen and oxygen atoms in total.